The molecule has 1 amide bonds. The number of aromatic nitrogens is 2. The fraction of sp³-hybridized carbons (Fsp3) is 0.651. The molecule has 4 saturated carbocycles. The molecule has 1 aromatic carbocycles. The SMILES string of the molecule is C=C(C)C1CCC2(NC(=O)CCc3nccn3C)CC[C@]3(C)C(CCC4C5(C)CC=C(c6ccc(C(=O)O)cc6)C(C)(C)C5CCC43C)C12. The zero-order valence-electron chi connectivity index (χ0n) is 31.1. The number of hydrogen-bond donors (Lipinski definition) is 2. The van der Waals surface area contributed by atoms with Gasteiger partial charge in [0.1, 0.15) is 5.82 Å². The summed E-state index contributed by atoms with van der Waals surface area (Å²) in [5.74, 6) is 2.93. The number of carboxylic acid groups (broad SMARTS) is 1. The molecule has 5 aliphatic carbocycles. The quantitative estimate of drug-likeness (QED) is 0.289. The van der Waals surface area contributed by atoms with Crippen LogP contribution in [0.15, 0.2) is 54.9 Å². The predicted molar refractivity (Wildman–Crippen MR) is 196 cm³/mol. The van der Waals surface area contributed by atoms with Crippen molar-refractivity contribution in [2.75, 3.05) is 0 Å². The van der Waals surface area contributed by atoms with Crippen LogP contribution in [0.25, 0.3) is 5.57 Å². The van der Waals surface area contributed by atoms with Gasteiger partial charge in [0, 0.05) is 37.8 Å². The Morgan fingerprint density at radius 2 is 1.69 bits per heavy atom. The van der Waals surface area contributed by atoms with Gasteiger partial charge in [0.15, 0.2) is 0 Å². The molecule has 2 aromatic rings. The van der Waals surface area contributed by atoms with E-state index in [0.29, 0.717) is 48.0 Å². The van der Waals surface area contributed by atoms with E-state index < -0.39 is 5.97 Å². The summed E-state index contributed by atoms with van der Waals surface area (Å²) in [6.45, 7) is 19.6. The second-order valence-corrected chi connectivity index (χ2v) is 18.3. The van der Waals surface area contributed by atoms with E-state index in [2.05, 4.69) is 64.5 Å². The van der Waals surface area contributed by atoms with Crippen LogP contribution < -0.4 is 5.32 Å². The molecule has 4 fully saturated rings. The zero-order valence-corrected chi connectivity index (χ0v) is 31.1. The normalized spacial score (nSPS) is 39.1. The van der Waals surface area contributed by atoms with E-state index in [1.807, 2.05) is 36.1 Å². The Kier molecular flexibility index (Phi) is 8.19. The number of carboxylic acids is 1. The van der Waals surface area contributed by atoms with Gasteiger partial charge in [0.05, 0.1) is 5.56 Å². The fourth-order valence-corrected chi connectivity index (χ4v) is 13.5. The second kappa shape index (κ2) is 11.7. The molecule has 0 bridgehead atoms. The highest BCUT2D eigenvalue weighted by Gasteiger charge is 2.70. The number of nitrogens with one attached hydrogen (secondary N) is 1. The number of carbonyl (C=O) groups excluding carboxylic acids is 1. The highest BCUT2D eigenvalue weighted by molar-refractivity contribution is 5.88. The number of amides is 1. The van der Waals surface area contributed by atoms with Crippen LogP contribution in [0.2, 0.25) is 0 Å². The number of imidazole rings is 1. The molecule has 6 nitrogen and oxygen atoms in total. The van der Waals surface area contributed by atoms with Gasteiger partial charge in [-0.25, -0.2) is 9.78 Å². The highest BCUT2D eigenvalue weighted by Crippen LogP contribution is 2.76. The third kappa shape index (κ3) is 5.04. The number of benzene rings is 1. The Bertz CT molecular complexity index is 1690. The van der Waals surface area contributed by atoms with Crippen LogP contribution in [0, 0.1) is 51.2 Å². The van der Waals surface area contributed by atoms with Crippen molar-refractivity contribution in [2.45, 2.75) is 118 Å². The maximum Gasteiger partial charge on any atom is 0.335 e. The van der Waals surface area contributed by atoms with Crippen LogP contribution in [0.4, 0.5) is 0 Å². The summed E-state index contributed by atoms with van der Waals surface area (Å²) in [7, 11) is 2.00. The monoisotopic (exact) mass is 665 g/mol. The predicted octanol–water partition coefficient (Wildman–Crippen LogP) is 9.27. The van der Waals surface area contributed by atoms with Gasteiger partial charge in [-0.1, -0.05) is 65.0 Å². The number of aromatic carboxylic acids is 1. The van der Waals surface area contributed by atoms with Gasteiger partial charge in [-0.3, -0.25) is 4.79 Å². The second-order valence-electron chi connectivity index (χ2n) is 18.3. The van der Waals surface area contributed by atoms with Crippen molar-refractivity contribution in [2.24, 2.45) is 58.3 Å². The number of aryl methyl sites for hydroxylation is 2. The third-order valence-corrected chi connectivity index (χ3v) is 16.0. The molecule has 264 valence electrons. The number of fused-ring (bicyclic) bond motifs is 7. The Labute approximate surface area is 294 Å². The van der Waals surface area contributed by atoms with E-state index in [4.69, 9.17) is 0 Å². The average Bonchev–Trinajstić information content (AvgIpc) is 3.63. The van der Waals surface area contributed by atoms with Gasteiger partial charge >= 0.3 is 5.97 Å². The summed E-state index contributed by atoms with van der Waals surface area (Å²) in [4.78, 5) is 29.7. The molecule has 0 aliphatic heterocycles. The van der Waals surface area contributed by atoms with E-state index in [0.717, 1.165) is 31.5 Å². The smallest absolute Gasteiger partial charge is 0.335 e. The van der Waals surface area contributed by atoms with Gasteiger partial charge in [-0.15, -0.1) is 0 Å². The maximum absolute atomic E-state index is 13.7. The fourth-order valence-electron chi connectivity index (χ4n) is 13.5. The summed E-state index contributed by atoms with van der Waals surface area (Å²) in [5.41, 5.74) is 4.67. The topological polar surface area (TPSA) is 84.2 Å². The number of hydrogen-bond acceptors (Lipinski definition) is 3. The first-order valence-corrected chi connectivity index (χ1v) is 19.0. The van der Waals surface area contributed by atoms with Crippen molar-refractivity contribution in [3.8, 4) is 0 Å². The van der Waals surface area contributed by atoms with Crippen LogP contribution in [-0.4, -0.2) is 32.1 Å². The van der Waals surface area contributed by atoms with E-state index >= 15 is 0 Å². The summed E-state index contributed by atoms with van der Waals surface area (Å²) in [6, 6.07) is 7.56. The number of carbonyl (C=O) groups is 2. The molecular weight excluding hydrogens is 606 g/mol. The molecule has 0 saturated heterocycles. The van der Waals surface area contributed by atoms with Crippen LogP contribution >= 0.6 is 0 Å². The molecule has 8 unspecified atom stereocenters. The Balaban J connectivity index is 1.17. The minimum Gasteiger partial charge on any atom is -0.478 e. The van der Waals surface area contributed by atoms with E-state index in [9.17, 15) is 14.7 Å². The summed E-state index contributed by atoms with van der Waals surface area (Å²) in [5, 5.41) is 13.2. The average molecular weight is 666 g/mol. The van der Waals surface area contributed by atoms with Crippen LogP contribution in [-0.2, 0) is 18.3 Å². The Morgan fingerprint density at radius 3 is 2.35 bits per heavy atom. The minimum atomic E-state index is -0.873. The first-order valence-electron chi connectivity index (χ1n) is 19.0. The van der Waals surface area contributed by atoms with Crippen LogP contribution in [0.3, 0.4) is 0 Å². The van der Waals surface area contributed by atoms with Crippen molar-refractivity contribution in [1.82, 2.24) is 14.9 Å². The standard InChI is InChI=1S/C43H59N3O3/c1-27(2)30-17-22-43(45-36(47)16-15-35-44-25-26-46(35)8)24-23-41(6)32(37(30)43)13-14-34-40(5)20-18-31(28-9-11-29(12-10-28)38(48)49)39(3,4)33(40)19-21-42(34,41)7/h9-12,18,25-26,30,32-34,37H,1,13-17,19-24H2,2-8H3,(H,45,47)(H,48,49)/t30?,32?,33?,34?,37?,40?,41-,42?,43?/m1/s1. The Morgan fingerprint density at radius 1 is 0.959 bits per heavy atom. The number of allylic oxidation sites excluding steroid dienone is 3. The summed E-state index contributed by atoms with van der Waals surface area (Å²) < 4.78 is 2.02. The van der Waals surface area contributed by atoms with Crippen molar-refractivity contribution in [3.63, 3.8) is 0 Å². The maximum atomic E-state index is 13.7. The lowest BCUT2D eigenvalue weighted by molar-refractivity contribution is -0.219. The van der Waals surface area contributed by atoms with Gasteiger partial charge in [0.2, 0.25) is 5.91 Å². The van der Waals surface area contributed by atoms with E-state index in [1.54, 1.807) is 12.1 Å². The molecular formula is C43H59N3O3. The lowest BCUT2D eigenvalue weighted by atomic mass is 9.33. The zero-order chi connectivity index (χ0) is 35.1. The molecule has 7 rings (SSSR count). The van der Waals surface area contributed by atoms with Gasteiger partial charge in [-0.05, 0) is 139 Å². The van der Waals surface area contributed by atoms with Gasteiger partial charge in [-0.2, -0.15) is 0 Å². The lowest BCUT2D eigenvalue weighted by Gasteiger charge is -2.72. The number of nitrogens with zero attached hydrogens (tertiary/aromatic N) is 2. The molecule has 2 N–H and O–H groups in total. The van der Waals surface area contributed by atoms with Crippen molar-refractivity contribution in [3.05, 3.63) is 71.8 Å². The van der Waals surface area contributed by atoms with E-state index in [1.165, 1.54) is 48.8 Å². The van der Waals surface area contributed by atoms with Crippen molar-refractivity contribution >= 4 is 17.4 Å². The minimum absolute atomic E-state index is 0.00570. The van der Waals surface area contributed by atoms with E-state index in [-0.39, 0.29) is 33.1 Å². The van der Waals surface area contributed by atoms with Crippen LogP contribution in [0.5, 0.6) is 0 Å². The summed E-state index contributed by atoms with van der Waals surface area (Å²) in [6.07, 6.45) is 17.9. The van der Waals surface area contributed by atoms with Crippen LogP contribution in [0.1, 0.15) is 127 Å². The molecule has 5 aliphatic rings. The highest BCUT2D eigenvalue weighted by atomic mass is 16.4. The lowest BCUT2D eigenvalue weighted by Crippen LogP contribution is -2.68. The first kappa shape index (κ1) is 34.3. The molecule has 1 heterocycles. The summed E-state index contributed by atoms with van der Waals surface area (Å²) >= 11 is 0. The Hall–Kier alpha value is -3.15. The number of rotatable bonds is 7. The molecule has 6 heteroatoms. The molecule has 0 spiro atoms. The van der Waals surface area contributed by atoms with Gasteiger partial charge < -0.3 is 15.0 Å². The third-order valence-electron chi connectivity index (χ3n) is 16.0. The molecule has 49 heavy (non-hydrogen) atoms. The largest absolute Gasteiger partial charge is 0.478 e. The first-order chi connectivity index (χ1) is 23.1. The molecule has 0 radical (unpaired) electrons. The van der Waals surface area contributed by atoms with Crippen molar-refractivity contribution < 1.29 is 14.7 Å². The molecule has 9 atom stereocenters. The van der Waals surface area contributed by atoms with Gasteiger partial charge in [0.25, 0.3) is 0 Å². The molecule has 1 aromatic heterocycles. The van der Waals surface area contributed by atoms with Crippen molar-refractivity contribution in [1.29, 1.82) is 0 Å².